The molecule has 2 aromatic carbocycles. The van der Waals surface area contributed by atoms with Gasteiger partial charge in [-0.05, 0) is 24.6 Å². The van der Waals surface area contributed by atoms with Crippen LogP contribution in [-0.2, 0) is 0 Å². The van der Waals surface area contributed by atoms with E-state index in [1.165, 1.54) is 23.5 Å². The van der Waals surface area contributed by atoms with Crippen LogP contribution in [0, 0.1) is 11.6 Å². The van der Waals surface area contributed by atoms with Crippen LogP contribution in [0.15, 0.2) is 53.9 Å². The molecule has 1 aliphatic rings. The Labute approximate surface area is 170 Å². The lowest BCUT2D eigenvalue weighted by Gasteiger charge is -2.19. The van der Waals surface area contributed by atoms with Gasteiger partial charge in [-0.1, -0.05) is 30.3 Å². The van der Waals surface area contributed by atoms with E-state index in [-0.39, 0.29) is 11.2 Å². The number of thiazole rings is 1. The first-order valence-corrected chi connectivity index (χ1v) is 10.9. The first-order valence-electron chi connectivity index (χ1n) is 8.98. The van der Waals surface area contributed by atoms with Crippen molar-refractivity contribution >= 4 is 29.0 Å². The average Bonchev–Trinajstić information content (AvgIpc) is 3.08. The molecule has 0 unspecified atom stereocenters. The van der Waals surface area contributed by atoms with Crippen molar-refractivity contribution in [1.82, 2.24) is 9.88 Å². The minimum Gasteiger partial charge on any atom is -0.336 e. The number of hydrogen-bond donors (Lipinski definition) is 0. The fourth-order valence-electron chi connectivity index (χ4n) is 3.23. The number of nitrogens with zero attached hydrogens (tertiary/aromatic N) is 2. The van der Waals surface area contributed by atoms with Gasteiger partial charge in [0.05, 0.1) is 0 Å². The van der Waals surface area contributed by atoms with Crippen LogP contribution < -0.4 is 0 Å². The Hall–Kier alpha value is -2.25. The van der Waals surface area contributed by atoms with Crippen molar-refractivity contribution in [2.24, 2.45) is 0 Å². The first-order chi connectivity index (χ1) is 13.6. The molecule has 28 heavy (non-hydrogen) atoms. The predicted octanol–water partition coefficient (Wildman–Crippen LogP) is 5.41. The molecule has 0 N–H and O–H groups in total. The maximum atomic E-state index is 14.1. The zero-order chi connectivity index (χ0) is 19.5. The first kappa shape index (κ1) is 19.1. The van der Waals surface area contributed by atoms with Gasteiger partial charge in [0.2, 0.25) is 0 Å². The third kappa shape index (κ3) is 4.10. The molecule has 1 fully saturated rings. The zero-order valence-corrected chi connectivity index (χ0v) is 16.6. The van der Waals surface area contributed by atoms with E-state index in [9.17, 15) is 13.6 Å². The number of aromatic nitrogens is 1. The number of amides is 1. The van der Waals surface area contributed by atoms with Gasteiger partial charge in [0.25, 0.3) is 5.91 Å². The minimum absolute atomic E-state index is 0.112. The molecule has 1 amide bonds. The quantitative estimate of drug-likeness (QED) is 0.572. The summed E-state index contributed by atoms with van der Waals surface area (Å²) >= 11 is 3.01. The van der Waals surface area contributed by atoms with E-state index in [2.05, 4.69) is 4.98 Å². The molecule has 1 aliphatic heterocycles. The molecule has 0 aliphatic carbocycles. The summed E-state index contributed by atoms with van der Waals surface area (Å²) in [5.41, 5.74) is 1.79. The Morgan fingerprint density at radius 2 is 1.93 bits per heavy atom. The van der Waals surface area contributed by atoms with E-state index in [1.807, 2.05) is 30.3 Å². The summed E-state index contributed by atoms with van der Waals surface area (Å²) in [6, 6.07) is 13.3. The summed E-state index contributed by atoms with van der Waals surface area (Å²) in [6.45, 7) is 1.06. The molecule has 2 heterocycles. The highest BCUT2D eigenvalue weighted by molar-refractivity contribution is 7.99. The fourth-order valence-corrected chi connectivity index (χ4v) is 5.27. The molecule has 3 nitrogen and oxygen atoms in total. The number of hydrogen-bond acceptors (Lipinski definition) is 4. The third-order valence-corrected chi connectivity index (χ3v) is 6.88. The second-order valence-electron chi connectivity index (χ2n) is 6.51. The highest BCUT2D eigenvalue weighted by Gasteiger charge is 2.26. The summed E-state index contributed by atoms with van der Waals surface area (Å²) in [6.07, 6.45) is 0.576. The largest absolute Gasteiger partial charge is 0.336 e. The molecule has 1 atom stereocenters. The molecular weight excluding hydrogens is 398 g/mol. The zero-order valence-electron chi connectivity index (χ0n) is 15.0. The highest BCUT2D eigenvalue weighted by Crippen LogP contribution is 2.36. The smallest absolute Gasteiger partial charge is 0.273 e. The van der Waals surface area contributed by atoms with Gasteiger partial charge in [-0.15, -0.1) is 11.3 Å². The van der Waals surface area contributed by atoms with Gasteiger partial charge < -0.3 is 4.90 Å². The molecule has 1 aromatic heterocycles. The van der Waals surface area contributed by atoms with Crippen molar-refractivity contribution < 1.29 is 13.6 Å². The van der Waals surface area contributed by atoms with E-state index in [1.54, 1.807) is 22.0 Å². The molecular formula is C21H18F2N2OS2. The maximum absolute atomic E-state index is 14.1. The van der Waals surface area contributed by atoms with E-state index in [0.717, 1.165) is 16.6 Å². The predicted molar refractivity (Wildman–Crippen MR) is 110 cm³/mol. The monoisotopic (exact) mass is 416 g/mol. The molecule has 1 saturated heterocycles. The number of rotatable bonds is 3. The van der Waals surface area contributed by atoms with Crippen molar-refractivity contribution in [3.05, 3.63) is 76.8 Å². The van der Waals surface area contributed by atoms with Crippen LogP contribution in [0.3, 0.4) is 0 Å². The topological polar surface area (TPSA) is 33.2 Å². The number of carbonyl (C=O) groups excluding carboxylic acids is 1. The van der Waals surface area contributed by atoms with Crippen LogP contribution in [0.4, 0.5) is 8.78 Å². The number of thioether (sulfide) groups is 1. The summed E-state index contributed by atoms with van der Waals surface area (Å²) in [5.74, 6) is -0.280. The summed E-state index contributed by atoms with van der Waals surface area (Å²) in [7, 11) is 0. The second kappa shape index (κ2) is 8.41. The van der Waals surface area contributed by atoms with E-state index in [4.69, 9.17) is 0 Å². The highest BCUT2D eigenvalue weighted by atomic mass is 32.2. The van der Waals surface area contributed by atoms with Crippen LogP contribution in [0.5, 0.6) is 0 Å². The van der Waals surface area contributed by atoms with Crippen molar-refractivity contribution in [3.63, 3.8) is 0 Å². The molecule has 0 radical (unpaired) electrons. The van der Waals surface area contributed by atoms with Gasteiger partial charge in [0.15, 0.2) is 0 Å². The standard InChI is InChI=1S/C21H18F2N2OS2/c22-15-6-7-17(23)16(12-15)19-8-9-25(10-11-27-19)21(26)18-13-28-20(24-18)14-4-2-1-3-5-14/h1-7,12-13,19H,8-11H2/t19-/m1/s1. The van der Waals surface area contributed by atoms with Gasteiger partial charge in [0, 0.05) is 40.6 Å². The SMILES string of the molecule is O=C(c1csc(-c2ccccc2)n1)N1CCS[C@@H](c2cc(F)ccc2F)CC1. The second-order valence-corrected chi connectivity index (χ2v) is 8.68. The summed E-state index contributed by atoms with van der Waals surface area (Å²) < 4.78 is 27.6. The lowest BCUT2D eigenvalue weighted by Crippen LogP contribution is -2.33. The van der Waals surface area contributed by atoms with Gasteiger partial charge in [-0.3, -0.25) is 4.79 Å². The molecule has 0 saturated carbocycles. The van der Waals surface area contributed by atoms with Crippen LogP contribution >= 0.6 is 23.1 Å². The van der Waals surface area contributed by atoms with Gasteiger partial charge >= 0.3 is 0 Å². The van der Waals surface area contributed by atoms with Gasteiger partial charge in [-0.2, -0.15) is 11.8 Å². The Morgan fingerprint density at radius 1 is 1.11 bits per heavy atom. The minimum atomic E-state index is -0.440. The van der Waals surface area contributed by atoms with Crippen LogP contribution in [-0.4, -0.2) is 34.6 Å². The van der Waals surface area contributed by atoms with E-state index >= 15 is 0 Å². The molecule has 4 rings (SSSR count). The Morgan fingerprint density at radius 3 is 2.75 bits per heavy atom. The summed E-state index contributed by atoms with van der Waals surface area (Å²) in [5, 5.41) is 2.43. The third-order valence-electron chi connectivity index (χ3n) is 4.68. The van der Waals surface area contributed by atoms with Crippen molar-refractivity contribution in [1.29, 1.82) is 0 Å². The number of halogens is 2. The summed E-state index contributed by atoms with van der Waals surface area (Å²) in [4.78, 5) is 19.1. The fraction of sp³-hybridized carbons (Fsp3) is 0.238. The number of carbonyl (C=O) groups is 1. The van der Waals surface area contributed by atoms with Crippen LogP contribution in [0.25, 0.3) is 10.6 Å². The van der Waals surface area contributed by atoms with Gasteiger partial charge in [0.1, 0.15) is 22.3 Å². The van der Waals surface area contributed by atoms with E-state index < -0.39 is 11.6 Å². The molecule has 0 spiro atoms. The van der Waals surface area contributed by atoms with Crippen molar-refractivity contribution in [2.45, 2.75) is 11.7 Å². The molecule has 7 heteroatoms. The average molecular weight is 417 g/mol. The molecule has 0 bridgehead atoms. The lowest BCUT2D eigenvalue weighted by molar-refractivity contribution is 0.0761. The Bertz CT molecular complexity index is 978. The Kier molecular flexibility index (Phi) is 5.73. The van der Waals surface area contributed by atoms with Crippen molar-refractivity contribution in [2.75, 3.05) is 18.8 Å². The maximum Gasteiger partial charge on any atom is 0.273 e. The van der Waals surface area contributed by atoms with E-state index in [0.29, 0.717) is 36.5 Å². The van der Waals surface area contributed by atoms with Gasteiger partial charge in [-0.25, -0.2) is 13.8 Å². The van der Waals surface area contributed by atoms with Crippen LogP contribution in [0.1, 0.15) is 27.7 Å². The Balaban J connectivity index is 1.46. The van der Waals surface area contributed by atoms with Crippen LogP contribution in [0.2, 0.25) is 0 Å². The molecule has 3 aromatic rings. The number of benzene rings is 2. The normalized spacial score (nSPS) is 17.4. The van der Waals surface area contributed by atoms with Crippen molar-refractivity contribution in [3.8, 4) is 10.6 Å². The molecule has 144 valence electrons. The lowest BCUT2D eigenvalue weighted by atomic mass is 10.1.